The molecular formula is C12H23N3O3S. The van der Waals surface area contributed by atoms with Crippen molar-refractivity contribution in [2.75, 3.05) is 46.2 Å². The summed E-state index contributed by atoms with van der Waals surface area (Å²) in [6.07, 6.45) is 2.83. The quantitative estimate of drug-likeness (QED) is 0.535. The molecule has 1 heterocycles. The third kappa shape index (κ3) is 6.26. The Morgan fingerprint density at radius 1 is 1.63 bits per heavy atom. The van der Waals surface area contributed by atoms with Crippen LogP contribution >= 0.6 is 11.8 Å². The summed E-state index contributed by atoms with van der Waals surface area (Å²) in [5, 5.41) is 14.1. The smallest absolute Gasteiger partial charge is 0.263 e. The Morgan fingerprint density at radius 2 is 2.37 bits per heavy atom. The third-order valence-electron chi connectivity index (χ3n) is 3.30. The molecule has 0 saturated carbocycles. The molecule has 0 amide bonds. The van der Waals surface area contributed by atoms with E-state index in [1.807, 2.05) is 6.26 Å². The zero-order chi connectivity index (χ0) is 14.3. The van der Waals surface area contributed by atoms with E-state index >= 15 is 0 Å². The summed E-state index contributed by atoms with van der Waals surface area (Å²) in [6, 6.07) is 0. The van der Waals surface area contributed by atoms with Crippen LogP contribution in [0, 0.1) is 22.0 Å². The highest BCUT2D eigenvalue weighted by atomic mass is 32.2. The average molecular weight is 289 g/mol. The van der Waals surface area contributed by atoms with Crippen LogP contribution in [-0.2, 0) is 4.74 Å². The number of thioether (sulfide) groups is 1. The summed E-state index contributed by atoms with van der Waals surface area (Å²) in [5.41, 5.74) is 0. The number of nitrogens with zero attached hydrogens (tertiary/aromatic N) is 2. The zero-order valence-electron chi connectivity index (χ0n) is 11.8. The van der Waals surface area contributed by atoms with Crippen molar-refractivity contribution >= 4 is 11.8 Å². The molecule has 0 radical (unpaired) electrons. The van der Waals surface area contributed by atoms with Gasteiger partial charge in [-0.25, -0.2) is 0 Å². The minimum absolute atomic E-state index is 0.430. The SMILES string of the molecule is CSC(=C[N+](=O)[O-])NCCN(C)CC1COCC1C. The molecule has 1 aliphatic heterocycles. The van der Waals surface area contributed by atoms with Gasteiger partial charge < -0.3 is 15.0 Å². The first-order valence-corrected chi connectivity index (χ1v) is 7.65. The van der Waals surface area contributed by atoms with Gasteiger partial charge in [0.1, 0.15) is 5.03 Å². The lowest BCUT2D eigenvalue weighted by atomic mass is 9.98. The topological polar surface area (TPSA) is 67.6 Å². The average Bonchev–Trinajstić information content (AvgIpc) is 2.73. The largest absolute Gasteiger partial charge is 0.381 e. The van der Waals surface area contributed by atoms with E-state index in [9.17, 15) is 10.1 Å². The maximum Gasteiger partial charge on any atom is 0.263 e. The van der Waals surface area contributed by atoms with Gasteiger partial charge in [-0.3, -0.25) is 10.1 Å². The highest BCUT2D eigenvalue weighted by Crippen LogP contribution is 2.20. The van der Waals surface area contributed by atoms with Crippen molar-refractivity contribution < 1.29 is 9.66 Å². The Labute approximate surface area is 118 Å². The second-order valence-corrected chi connectivity index (χ2v) is 5.79. The number of likely N-dealkylation sites (N-methyl/N-ethyl adjacent to an activating group) is 1. The number of nitro groups is 1. The summed E-state index contributed by atoms with van der Waals surface area (Å²) in [5.74, 6) is 1.21. The minimum atomic E-state index is -0.430. The summed E-state index contributed by atoms with van der Waals surface area (Å²) in [4.78, 5) is 12.2. The molecule has 0 aromatic carbocycles. The first-order valence-electron chi connectivity index (χ1n) is 6.42. The molecule has 0 bridgehead atoms. The first-order chi connectivity index (χ1) is 9.02. The molecule has 0 aromatic heterocycles. The van der Waals surface area contributed by atoms with Gasteiger partial charge in [0.2, 0.25) is 0 Å². The second kappa shape index (κ2) is 8.39. The van der Waals surface area contributed by atoms with Gasteiger partial charge in [-0.1, -0.05) is 6.92 Å². The number of hydrogen-bond donors (Lipinski definition) is 1. The molecule has 1 aliphatic rings. The third-order valence-corrected chi connectivity index (χ3v) is 3.99. The van der Waals surface area contributed by atoms with Crippen LogP contribution < -0.4 is 5.32 Å². The van der Waals surface area contributed by atoms with Crippen LogP contribution in [0.4, 0.5) is 0 Å². The summed E-state index contributed by atoms with van der Waals surface area (Å²) >= 11 is 1.35. The molecule has 110 valence electrons. The van der Waals surface area contributed by atoms with E-state index in [1.54, 1.807) is 0 Å². The van der Waals surface area contributed by atoms with Gasteiger partial charge in [0.05, 0.1) is 11.5 Å². The Kier molecular flexibility index (Phi) is 7.19. The molecule has 1 rings (SSSR count). The fraction of sp³-hybridized carbons (Fsp3) is 0.833. The van der Waals surface area contributed by atoms with Crippen LogP contribution in [0.25, 0.3) is 0 Å². The Morgan fingerprint density at radius 3 is 2.89 bits per heavy atom. The van der Waals surface area contributed by atoms with E-state index in [0.29, 0.717) is 23.4 Å². The number of hydrogen-bond acceptors (Lipinski definition) is 6. The summed E-state index contributed by atoms with van der Waals surface area (Å²) in [7, 11) is 2.07. The van der Waals surface area contributed by atoms with Gasteiger partial charge in [0.25, 0.3) is 6.20 Å². The van der Waals surface area contributed by atoms with E-state index < -0.39 is 4.92 Å². The van der Waals surface area contributed by atoms with Crippen molar-refractivity contribution in [2.45, 2.75) is 6.92 Å². The van der Waals surface area contributed by atoms with E-state index in [-0.39, 0.29) is 0 Å². The lowest BCUT2D eigenvalue weighted by Crippen LogP contribution is -2.34. The molecule has 2 atom stereocenters. The van der Waals surface area contributed by atoms with Crippen molar-refractivity contribution in [2.24, 2.45) is 11.8 Å². The number of rotatable bonds is 8. The zero-order valence-corrected chi connectivity index (χ0v) is 12.6. The van der Waals surface area contributed by atoms with E-state index in [0.717, 1.165) is 32.5 Å². The molecule has 6 nitrogen and oxygen atoms in total. The maximum atomic E-state index is 10.4. The molecule has 1 N–H and O–H groups in total. The highest BCUT2D eigenvalue weighted by molar-refractivity contribution is 8.02. The van der Waals surface area contributed by atoms with Crippen LogP contribution in [0.3, 0.4) is 0 Å². The van der Waals surface area contributed by atoms with Crippen molar-refractivity contribution in [3.8, 4) is 0 Å². The van der Waals surface area contributed by atoms with Crippen molar-refractivity contribution in [1.82, 2.24) is 10.2 Å². The lowest BCUT2D eigenvalue weighted by Gasteiger charge is -2.22. The standard InChI is InChI=1S/C12H23N3O3S/c1-10-8-18-9-11(10)6-14(2)5-4-13-12(19-3)7-15(16)17/h7,10-11,13H,4-6,8-9H2,1-3H3. The first kappa shape index (κ1) is 16.3. The predicted octanol–water partition coefficient (Wildman–Crippen LogP) is 1.23. The van der Waals surface area contributed by atoms with Gasteiger partial charge in [0, 0.05) is 26.2 Å². The molecule has 0 aliphatic carbocycles. The van der Waals surface area contributed by atoms with Gasteiger partial charge in [-0.2, -0.15) is 0 Å². The monoisotopic (exact) mass is 289 g/mol. The molecule has 1 saturated heterocycles. The Balaban J connectivity index is 2.22. The van der Waals surface area contributed by atoms with Crippen LogP contribution in [-0.4, -0.2) is 56.0 Å². The lowest BCUT2D eigenvalue weighted by molar-refractivity contribution is -0.403. The molecule has 0 aromatic rings. The van der Waals surface area contributed by atoms with Crippen molar-refractivity contribution in [1.29, 1.82) is 0 Å². The maximum absolute atomic E-state index is 10.4. The van der Waals surface area contributed by atoms with Crippen LogP contribution in [0.2, 0.25) is 0 Å². The minimum Gasteiger partial charge on any atom is -0.381 e. The number of ether oxygens (including phenoxy) is 1. The van der Waals surface area contributed by atoms with Crippen LogP contribution in [0.1, 0.15) is 6.92 Å². The Hall–Kier alpha value is -0.790. The molecule has 2 unspecified atom stereocenters. The second-order valence-electron chi connectivity index (χ2n) is 4.95. The van der Waals surface area contributed by atoms with Crippen LogP contribution in [0.5, 0.6) is 0 Å². The fourth-order valence-electron chi connectivity index (χ4n) is 2.07. The van der Waals surface area contributed by atoms with Gasteiger partial charge in [-0.05, 0) is 25.1 Å². The normalized spacial score (nSPS) is 23.9. The Bertz CT molecular complexity index is 325. The molecule has 19 heavy (non-hydrogen) atoms. The van der Waals surface area contributed by atoms with E-state index in [4.69, 9.17) is 4.74 Å². The summed E-state index contributed by atoms with van der Waals surface area (Å²) < 4.78 is 5.44. The van der Waals surface area contributed by atoms with Gasteiger partial charge in [-0.15, -0.1) is 11.8 Å². The summed E-state index contributed by atoms with van der Waals surface area (Å²) in [6.45, 7) is 6.50. The highest BCUT2D eigenvalue weighted by Gasteiger charge is 2.25. The number of nitrogens with one attached hydrogen (secondary N) is 1. The molecular weight excluding hydrogens is 266 g/mol. The van der Waals surface area contributed by atoms with Crippen molar-refractivity contribution in [3.63, 3.8) is 0 Å². The van der Waals surface area contributed by atoms with Crippen LogP contribution in [0.15, 0.2) is 11.2 Å². The fourth-order valence-corrected chi connectivity index (χ4v) is 2.50. The molecule has 1 fully saturated rings. The predicted molar refractivity (Wildman–Crippen MR) is 77.6 cm³/mol. The van der Waals surface area contributed by atoms with E-state index in [1.165, 1.54) is 11.8 Å². The van der Waals surface area contributed by atoms with E-state index in [2.05, 4.69) is 24.2 Å². The van der Waals surface area contributed by atoms with Crippen molar-refractivity contribution in [3.05, 3.63) is 21.3 Å². The molecule has 7 heteroatoms. The van der Waals surface area contributed by atoms with Gasteiger partial charge >= 0.3 is 0 Å². The van der Waals surface area contributed by atoms with Gasteiger partial charge in [0.15, 0.2) is 0 Å². The molecule has 0 spiro atoms.